The largest absolute Gasteiger partial charge is 0.324 e. The minimum absolute atomic E-state index is 0.0393. The Morgan fingerprint density at radius 3 is 2.21 bits per heavy atom. The van der Waals surface area contributed by atoms with Crippen LogP contribution in [-0.4, -0.2) is 59.4 Å². The summed E-state index contributed by atoms with van der Waals surface area (Å²) in [5, 5.41) is 13.8. The number of carbonyl (C=O) groups excluding carboxylic acids is 3. The van der Waals surface area contributed by atoms with Gasteiger partial charge in [0.1, 0.15) is 11.6 Å². The van der Waals surface area contributed by atoms with Crippen LogP contribution in [0, 0.1) is 10.1 Å². The molecule has 0 aliphatic carbocycles. The zero-order valence-corrected chi connectivity index (χ0v) is 19.1. The van der Waals surface area contributed by atoms with E-state index in [1.807, 2.05) is 0 Å². The van der Waals surface area contributed by atoms with Crippen LogP contribution >= 0.6 is 0 Å². The van der Waals surface area contributed by atoms with Crippen LogP contribution in [0.4, 0.5) is 11.4 Å². The number of fused-ring (bicyclic) bond motifs is 1. The topological polar surface area (TPSA) is 147 Å². The van der Waals surface area contributed by atoms with Crippen molar-refractivity contribution in [3.8, 4) is 0 Å². The Kier molecular flexibility index (Phi) is 6.34. The molecule has 0 saturated carbocycles. The number of hydrogen-bond donors (Lipinski definition) is 1. The van der Waals surface area contributed by atoms with E-state index in [0.29, 0.717) is 4.90 Å². The van der Waals surface area contributed by atoms with Gasteiger partial charge in [0.05, 0.1) is 15.4 Å². The first-order valence-electron chi connectivity index (χ1n) is 9.92. The summed E-state index contributed by atoms with van der Waals surface area (Å²) in [5.74, 6) is -2.45. The number of amides is 3. The number of anilines is 1. The zero-order chi connectivity index (χ0) is 24.7. The van der Waals surface area contributed by atoms with Gasteiger partial charge < -0.3 is 5.32 Å². The van der Waals surface area contributed by atoms with Gasteiger partial charge in [0, 0.05) is 24.8 Å². The first kappa shape index (κ1) is 24.0. The number of nitro groups is 1. The third-order valence-corrected chi connectivity index (χ3v) is 7.46. The predicted octanol–water partition coefficient (Wildman–Crippen LogP) is 2.25. The van der Waals surface area contributed by atoms with Crippen LogP contribution in [0.3, 0.4) is 0 Å². The van der Waals surface area contributed by atoms with Crippen molar-refractivity contribution in [3.05, 3.63) is 63.7 Å². The SMILES string of the molecule is CC(C(=O)Nc1ccc(S(=O)(=O)N(C)C(C)C)cc1)N1C(=O)c2cccc([N+](=O)[O-])c2C1=O. The van der Waals surface area contributed by atoms with E-state index in [0.717, 1.165) is 6.07 Å². The summed E-state index contributed by atoms with van der Waals surface area (Å²) in [6, 6.07) is 7.63. The smallest absolute Gasteiger partial charge is 0.282 e. The van der Waals surface area contributed by atoms with Crippen LogP contribution < -0.4 is 5.32 Å². The Morgan fingerprint density at radius 1 is 1.06 bits per heavy atom. The minimum atomic E-state index is -3.70. The van der Waals surface area contributed by atoms with Gasteiger partial charge in [-0.2, -0.15) is 4.31 Å². The standard InChI is InChI=1S/C21H22N4O7S/c1-12(2)23(4)33(31,32)15-10-8-14(9-11-15)22-19(26)13(3)24-20(27)16-6-5-7-17(25(29)30)18(16)21(24)28/h5-13H,1-4H3,(H,22,26). The average molecular weight is 474 g/mol. The molecule has 3 amide bonds. The Bertz CT molecular complexity index is 1260. The van der Waals surface area contributed by atoms with Crippen molar-refractivity contribution in [3.63, 3.8) is 0 Å². The van der Waals surface area contributed by atoms with Gasteiger partial charge in [-0.3, -0.25) is 29.4 Å². The van der Waals surface area contributed by atoms with E-state index < -0.39 is 44.4 Å². The molecule has 0 spiro atoms. The van der Waals surface area contributed by atoms with Gasteiger partial charge in [-0.05, 0) is 51.1 Å². The molecule has 0 aromatic heterocycles. The third kappa shape index (κ3) is 4.22. The number of sulfonamides is 1. The van der Waals surface area contributed by atoms with E-state index in [1.165, 1.54) is 54.7 Å². The van der Waals surface area contributed by atoms with E-state index in [-0.39, 0.29) is 27.8 Å². The fourth-order valence-corrected chi connectivity index (χ4v) is 4.68. The maximum atomic E-state index is 12.8. The maximum absolute atomic E-state index is 12.8. The second-order valence-corrected chi connectivity index (χ2v) is 9.74. The van der Waals surface area contributed by atoms with Gasteiger partial charge in [-0.15, -0.1) is 0 Å². The predicted molar refractivity (Wildman–Crippen MR) is 118 cm³/mol. The Morgan fingerprint density at radius 2 is 1.67 bits per heavy atom. The first-order valence-corrected chi connectivity index (χ1v) is 11.4. The van der Waals surface area contributed by atoms with E-state index in [9.17, 15) is 32.9 Å². The van der Waals surface area contributed by atoms with Gasteiger partial charge in [0.15, 0.2) is 0 Å². The Balaban J connectivity index is 1.79. The second-order valence-electron chi connectivity index (χ2n) is 7.74. The summed E-state index contributed by atoms with van der Waals surface area (Å²) >= 11 is 0. The van der Waals surface area contributed by atoms with Crippen molar-refractivity contribution < 1.29 is 27.7 Å². The number of rotatable bonds is 7. The van der Waals surface area contributed by atoms with E-state index in [4.69, 9.17) is 0 Å². The van der Waals surface area contributed by atoms with Gasteiger partial charge >= 0.3 is 0 Å². The lowest BCUT2D eigenvalue weighted by Gasteiger charge is -2.22. The van der Waals surface area contributed by atoms with Crippen molar-refractivity contribution in [2.75, 3.05) is 12.4 Å². The first-order chi connectivity index (χ1) is 15.4. The average Bonchev–Trinajstić information content (AvgIpc) is 3.03. The number of benzene rings is 2. The molecule has 0 saturated heterocycles. The molecule has 1 heterocycles. The number of nitro benzene ring substituents is 1. The molecule has 1 aliphatic heterocycles. The number of imide groups is 1. The van der Waals surface area contributed by atoms with Crippen molar-refractivity contribution in [1.29, 1.82) is 0 Å². The summed E-state index contributed by atoms with van der Waals surface area (Å²) in [6.45, 7) is 4.79. The number of nitrogens with one attached hydrogen (secondary N) is 1. The van der Waals surface area contributed by atoms with Crippen molar-refractivity contribution in [2.45, 2.75) is 37.8 Å². The third-order valence-electron chi connectivity index (χ3n) is 5.41. The summed E-state index contributed by atoms with van der Waals surface area (Å²) < 4.78 is 26.3. The van der Waals surface area contributed by atoms with E-state index in [1.54, 1.807) is 13.8 Å². The molecular formula is C21H22N4O7S. The van der Waals surface area contributed by atoms with Crippen molar-refractivity contribution in [1.82, 2.24) is 9.21 Å². The highest BCUT2D eigenvalue weighted by Gasteiger charge is 2.44. The fourth-order valence-electron chi connectivity index (χ4n) is 3.31. The van der Waals surface area contributed by atoms with E-state index in [2.05, 4.69) is 5.32 Å². The zero-order valence-electron chi connectivity index (χ0n) is 18.3. The fraction of sp³-hybridized carbons (Fsp3) is 0.286. The quantitative estimate of drug-likeness (QED) is 0.368. The number of carbonyl (C=O) groups is 3. The molecule has 33 heavy (non-hydrogen) atoms. The lowest BCUT2D eigenvalue weighted by Crippen LogP contribution is -2.45. The highest BCUT2D eigenvalue weighted by molar-refractivity contribution is 7.89. The van der Waals surface area contributed by atoms with Gasteiger partial charge in [-0.1, -0.05) is 6.07 Å². The molecule has 1 atom stereocenters. The summed E-state index contributed by atoms with van der Waals surface area (Å²) in [4.78, 5) is 49.4. The highest BCUT2D eigenvalue weighted by atomic mass is 32.2. The summed E-state index contributed by atoms with van der Waals surface area (Å²) in [5.41, 5.74) is -0.752. The summed E-state index contributed by atoms with van der Waals surface area (Å²) in [7, 11) is -2.24. The molecule has 0 radical (unpaired) electrons. The van der Waals surface area contributed by atoms with Crippen LogP contribution in [0.15, 0.2) is 47.4 Å². The molecule has 2 aromatic carbocycles. The molecule has 12 heteroatoms. The lowest BCUT2D eigenvalue weighted by atomic mass is 10.1. The van der Waals surface area contributed by atoms with Crippen LogP contribution in [0.5, 0.6) is 0 Å². The molecule has 1 N–H and O–H groups in total. The normalized spacial score (nSPS) is 14.5. The van der Waals surface area contributed by atoms with Crippen LogP contribution in [0.2, 0.25) is 0 Å². The molecule has 2 aromatic rings. The van der Waals surface area contributed by atoms with E-state index >= 15 is 0 Å². The van der Waals surface area contributed by atoms with Crippen LogP contribution in [0.1, 0.15) is 41.5 Å². The molecule has 0 bridgehead atoms. The second kappa shape index (κ2) is 8.71. The van der Waals surface area contributed by atoms with Crippen LogP contribution in [-0.2, 0) is 14.8 Å². The molecule has 174 valence electrons. The van der Waals surface area contributed by atoms with Crippen molar-refractivity contribution >= 4 is 39.1 Å². The molecule has 1 unspecified atom stereocenters. The Hall–Kier alpha value is -3.64. The molecular weight excluding hydrogens is 452 g/mol. The number of nitrogens with zero attached hydrogens (tertiary/aromatic N) is 3. The Labute approximate surface area is 190 Å². The van der Waals surface area contributed by atoms with Gasteiger partial charge in [0.2, 0.25) is 15.9 Å². The monoisotopic (exact) mass is 474 g/mol. The molecule has 3 rings (SSSR count). The van der Waals surface area contributed by atoms with Crippen LogP contribution in [0.25, 0.3) is 0 Å². The minimum Gasteiger partial charge on any atom is -0.324 e. The van der Waals surface area contributed by atoms with Gasteiger partial charge in [0.25, 0.3) is 17.5 Å². The molecule has 0 fully saturated rings. The molecule has 1 aliphatic rings. The summed E-state index contributed by atoms with van der Waals surface area (Å²) in [6.07, 6.45) is 0. The van der Waals surface area contributed by atoms with Crippen molar-refractivity contribution in [2.24, 2.45) is 0 Å². The van der Waals surface area contributed by atoms with Gasteiger partial charge in [-0.25, -0.2) is 8.42 Å². The number of hydrogen-bond acceptors (Lipinski definition) is 7. The maximum Gasteiger partial charge on any atom is 0.282 e. The highest BCUT2D eigenvalue weighted by Crippen LogP contribution is 2.32. The lowest BCUT2D eigenvalue weighted by molar-refractivity contribution is -0.385. The molecule has 11 nitrogen and oxygen atoms in total.